The van der Waals surface area contributed by atoms with Gasteiger partial charge < -0.3 is 21.1 Å². The SMILES string of the molecule is CC(C)(O)c1ccc2c(c1)NC(=O)C1=C(C=C(Nc3c(F)c(F)nc(F)c3F)CC1)N2. The van der Waals surface area contributed by atoms with Crippen molar-refractivity contribution < 1.29 is 27.5 Å². The molecule has 2 aliphatic rings. The normalized spacial score (nSPS) is 16.0. The van der Waals surface area contributed by atoms with Gasteiger partial charge in [0.05, 0.1) is 17.0 Å². The number of benzene rings is 1. The molecule has 1 aliphatic heterocycles. The molecule has 2 aromatic rings. The summed E-state index contributed by atoms with van der Waals surface area (Å²) < 4.78 is 54.7. The third-order valence-electron chi connectivity index (χ3n) is 5.09. The highest BCUT2D eigenvalue weighted by Gasteiger charge is 2.27. The van der Waals surface area contributed by atoms with Crippen LogP contribution in [0.25, 0.3) is 0 Å². The van der Waals surface area contributed by atoms with Crippen LogP contribution in [0.15, 0.2) is 41.2 Å². The highest BCUT2D eigenvalue weighted by molar-refractivity contribution is 6.08. The van der Waals surface area contributed by atoms with Crippen molar-refractivity contribution in [3.63, 3.8) is 0 Å². The predicted molar refractivity (Wildman–Crippen MR) is 106 cm³/mol. The van der Waals surface area contributed by atoms with E-state index in [2.05, 4.69) is 20.9 Å². The van der Waals surface area contributed by atoms with Gasteiger partial charge >= 0.3 is 0 Å². The zero-order valence-corrected chi connectivity index (χ0v) is 16.5. The van der Waals surface area contributed by atoms with Crippen molar-refractivity contribution in [2.24, 2.45) is 0 Å². The Morgan fingerprint density at radius 2 is 1.71 bits per heavy atom. The van der Waals surface area contributed by atoms with Gasteiger partial charge in [0.25, 0.3) is 17.8 Å². The van der Waals surface area contributed by atoms with Gasteiger partial charge in [-0.25, -0.2) is 0 Å². The fourth-order valence-electron chi connectivity index (χ4n) is 3.41. The minimum Gasteiger partial charge on any atom is -0.386 e. The zero-order valence-electron chi connectivity index (χ0n) is 16.5. The van der Waals surface area contributed by atoms with Gasteiger partial charge in [-0.1, -0.05) is 6.07 Å². The van der Waals surface area contributed by atoms with Crippen LogP contribution in [0.2, 0.25) is 0 Å². The number of pyridine rings is 1. The van der Waals surface area contributed by atoms with Gasteiger partial charge in [-0.15, -0.1) is 0 Å². The van der Waals surface area contributed by atoms with Crippen molar-refractivity contribution in [2.45, 2.75) is 32.3 Å². The fraction of sp³-hybridized carbons (Fsp3) is 0.238. The number of fused-ring (bicyclic) bond motifs is 1. The number of carbonyl (C=O) groups is 1. The van der Waals surface area contributed by atoms with Gasteiger partial charge in [-0.3, -0.25) is 4.79 Å². The van der Waals surface area contributed by atoms with E-state index < -0.39 is 34.8 Å². The molecule has 0 radical (unpaired) electrons. The molecular formula is C21H18F4N4O2. The number of halogens is 4. The Bertz CT molecular complexity index is 1140. The van der Waals surface area contributed by atoms with Gasteiger partial charge in [-0.2, -0.15) is 22.5 Å². The molecule has 1 aromatic carbocycles. The molecule has 2 heterocycles. The average Bonchev–Trinajstić information content (AvgIpc) is 2.83. The number of rotatable bonds is 3. The maximum absolute atomic E-state index is 13.9. The van der Waals surface area contributed by atoms with E-state index in [9.17, 15) is 27.5 Å². The molecule has 31 heavy (non-hydrogen) atoms. The van der Waals surface area contributed by atoms with E-state index in [0.717, 1.165) is 0 Å². The monoisotopic (exact) mass is 434 g/mol. The molecule has 10 heteroatoms. The first-order valence-corrected chi connectivity index (χ1v) is 9.40. The molecule has 0 atom stereocenters. The Kier molecular flexibility index (Phi) is 4.97. The maximum atomic E-state index is 13.9. The molecule has 0 bridgehead atoms. The summed E-state index contributed by atoms with van der Waals surface area (Å²) >= 11 is 0. The van der Waals surface area contributed by atoms with Crippen LogP contribution in [0.4, 0.5) is 34.6 Å². The van der Waals surface area contributed by atoms with Gasteiger partial charge in [0.1, 0.15) is 5.69 Å². The second-order valence-electron chi connectivity index (χ2n) is 7.78. The third kappa shape index (κ3) is 3.86. The average molecular weight is 434 g/mol. The molecule has 1 aliphatic carbocycles. The summed E-state index contributed by atoms with van der Waals surface area (Å²) in [7, 11) is 0. The zero-order chi connectivity index (χ0) is 22.5. The molecular weight excluding hydrogens is 416 g/mol. The number of nitrogens with zero attached hydrogens (tertiary/aromatic N) is 1. The van der Waals surface area contributed by atoms with Crippen LogP contribution >= 0.6 is 0 Å². The van der Waals surface area contributed by atoms with Gasteiger partial charge in [-0.05, 0) is 50.5 Å². The van der Waals surface area contributed by atoms with Crippen molar-refractivity contribution >= 4 is 23.0 Å². The predicted octanol–water partition coefficient (Wildman–Crippen LogP) is 4.27. The summed E-state index contributed by atoms with van der Waals surface area (Å²) in [6.07, 6.45) is 1.83. The van der Waals surface area contributed by atoms with Gasteiger partial charge in [0.2, 0.25) is 11.6 Å². The molecule has 0 saturated carbocycles. The summed E-state index contributed by atoms with van der Waals surface area (Å²) in [6, 6.07) is 5.03. The standard InChI is InChI=1S/C21H18F4N4O2/c1-21(2,31)9-3-6-12-14(7-9)28-20(30)11-5-4-10(8-13(11)27-12)26-17-15(22)18(24)29-19(25)16(17)23/h3,6-8,27,31H,4-5H2,1-2H3,(H,26,29)(H,28,30). The number of anilines is 3. The quantitative estimate of drug-likeness (QED) is 0.428. The van der Waals surface area contributed by atoms with Crippen molar-refractivity contribution in [3.8, 4) is 0 Å². The minimum absolute atomic E-state index is 0.170. The lowest BCUT2D eigenvalue weighted by Crippen LogP contribution is -2.19. The van der Waals surface area contributed by atoms with Crippen LogP contribution in [0.3, 0.4) is 0 Å². The molecule has 4 rings (SSSR count). The van der Waals surface area contributed by atoms with Crippen LogP contribution in [-0.2, 0) is 10.4 Å². The fourth-order valence-corrected chi connectivity index (χ4v) is 3.41. The Morgan fingerprint density at radius 1 is 1.03 bits per heavy atom. The maximum Gasteiger partial charge on any atom is 0.253 e. The van der Waals surface area contributed by atoms with Gasteiger partial charge in [0.15, 0.2) is 0 Å². The van der Waals surface area contributed by atoms with E-state index in [1.54, 1.807) is 32.0 Å². The molecule has 0 saturated heterocycles. The lowest BCUT2D eigenvalue weighted by atomic mass is 9.97. The lowest BCUT2D eigenvalue weighted by molar-refractivity contribution is -0.113. The molecule has 162 valence electrons. The first kappa shape index (κ1) is 20.9. The van der Waals surface area contributed by atoms with E-state index in [-0.39, 0.29) is 24.4 Å². The molecule has 1 aromatic heterocycles. The first-order valence-electron chi connectivity index (χ1n) is 9.40. The smallest absolute Gasteiger partial charge is 0.253 e. The molecule has 6 nitrogen and oxygen atoms in total. The third-order valence-corrected chi connectivity index (χ3v) is 5.09. The Labute approximate surface area is 174 Å². The topological polar surface area (TPSA) is 86.3 Å². The highest BCUT2D eigenvalue weighted by Crippen LogP contribution is 2.36. The van der Waals surface area contributed by atoms with E-state index >= 15 is 0 Å². The van der Waals surface area contributed by atoms with Gasteiger partial charge in [0, 0.05) is 17.0 Å². The van der Waals surface area contributed by atoms with Crippen molar-refractivity contribution in [1.82, 2.24) is 4.98 Å². The number of hydrogen-bond donors (Lipinski definition) is 4. The van der Waals surface area contributed by atoms with E-state index in [4.69, 9.17) is 0 Å². The number of allylic oxidation sites excluding steroid dienone is 2. The van der Waals surface area contributed by atoms with E-state index in [1.165, 1.54) is 6.08 Å². The van der Waals surface area contributed by atoms with Crippen molar-refractivity contribution in [3.05, 3.63) is 70.3 Å². The van der Waals surface area contributed by atoms with Crippen LogP contribution in [0, 0.1) is 23.5 Å². The molecule has 0 fully saturated rings. The second-order valence-corrected chi connectivity index (χ2v) is 7.78. The summed E-state index contributed by atoms with van der Waals surface area (Å²) in [4.78, 5) is 15.2. The largest absolute Gasteiger partial charge is 0.386 e. The molecule has 0 unspecified atom stereocenters. The van der Waals surface area contributed by atoms with Crippen LogP contribution < -0.4 is 16.0 Å². The van der Waals surface area contributed by atoms with Crippen molar-refractivity contribution in [2.75, 3.05) is 16.0 Å². The van der Waals surface area contributed by atoms with Crippen LogP contribution in [0.5, 0.6) is 0 Å². The number of carbonyl (C=O) groups excluding carboxylic acids is 1. The Hall–Kier alpha value is -3.40. The summed E-state index contributed by atoms with van der Waals surface area (Å²) in [5, 5.41) is 18.5. The number of aromatic nitrogens is 1. The Morgan fingerprint density at radius 3 is 2.35 bits per heavy atom. The molecule has 4 N–H and O–H groups in total. The number of hydrogen-bond acceptors (Lipinski definition) is 5. The number of aliphatic hydroxyl groups is 1. The Balaban J connectivity index is 1.68. The highest BCUT2D eigenvalue weighted by atomic mass is 19.2. The van der Waals surface area contributed by atoms with Crippen LogP contribution in [-0.4, -0.2) is 16.0 Å². The van der Waals surface area contributed by atoms with E-state index in [0.29, 0.717) is 28.2 Å². The molecule has 0 spiro atoms. The lowest BCUT2D eigenvalue weighted by Gasteiger charge is -2.21. The van der Waals surface area contributed by atoms with Crippen LogP contribution in [0.1, 0.15) is 32.3 Å². The van der Waals surface area contributed by atoms with E-state index in [1.807, 2.05) is 0 Å². The van der Waals surface area contributed by atoms with Crippen molar-refractivity contribution in [1.29, 1.82) is 0 Å². The molecule has 1 amide bonds. The summed E-state index contributed by atoms with van der Waals surface area (Å²) in [5.74, 6) is -7.18. The summed E-state index contributed by atoms with van der Waals surface area (Å²) in [5.41, 5.74) is 0.515. The first-order chi connectivity index (χ1) is 14.5. The minimum atomic E-state index is -1.76. The number of amides is 1. The number of nitrogens with one attached hydrogen (secondary N) is 3. The second kappa shape index (κ2) is 7.38. The summed E-state index contributed by atoms with van der Waals surface area (Å²) in [6.45, 7) is 3.24.